The monoisotopic (exact) mass is 399 g/mol. The third kappa shape index (κ3) is 2.61. The number of sulfonamides is 1. The molecule has 5 nitrogen and oxygen atoms in total. The minimum Gasteiger partial charge on any atom is -0.360 e. The van der Waals surface area contributed by atoms with Crippen LogP contribution in [0.4, 0.5) is 4.39 Å². The van der Waals surface area contributed by atoms with Gasteiger partial charge in [0.25, 0.3) is 0 Å². The third-order valence-electron chi connectivity index (χ3n) is 6.02. The van der Waals surface area contributed by atoms with Crippen molar-refractivity contribution in [3.8, 4) is 11.1 Å². The molecule has 2 aliphatic heterocycles. The lowest BCUT2D eigenvalue weighted by Gasteiger charge is -2.33. The van der Waals surface area contributed by atoms with E-state index in [1.807, 2.05) is 25.3 Å². The molecule has 0 saturated carbocycles. The zero-order valence-corrected chi connectivity index (χ0v) is 16.4. The smallest absolute Gasteiger partial charge is 0.244 e. The summed E-state index contributed by atoms with van der Waals surface area (Å²) in [5.74, 6) is -0.285. The average molecular weight is 399 g/mol. The molecule has 0 bridgehead atoms. The summed E-state index contributed by atoms with van der Waals surface area (Å²) in [4.78, 5) is 3.52. The van der Waals surface area contributed by atoms with Crippen LogP contribution in [-0.4, -0.2) is 36.8 Å². The molecule has 0 radical (unpaired) electrons. The Kier molecular flexibility index (Phi) is 4.08. The number of fused-ring (bicyclic) bond motifs is 2. The van der Waals surface area contributed by atoms with Gasteiger partial charge in [-0.05, 0) is 74.3 Å². The van der Waals surface area contributed by atoms with Crippen LogP contribution in [0, 0.1) is 5.82 Å². The maximum Gasteiger partial charge on any atom is 0.244 e. The van der Waals surface area contributed by atoms with Gasteiger partial charge in [-0.25, -0.2) is 12.8 Å². The van der Waals surface area contributed by atoms with Crippen LogP contribution in [0.1, 0.15) is 31.4 Å². The molecule has 2 aliphatic rings. The number of hydrogen-bond acceptors (Lipinski definition) is 3. The number of nitrogens with zero attached hydrogens (tertiary/aromatic N) is 1. The fourth-order valence-corrected chi connectivity index (χ4v) is 6.77. The number of H-pyrrole nitrogens is 1. The Balaban J connectivity index is 1.59. The lowest BCUT2D eigenvalue weighted by molar-refractivity contribution is 0.229. The highest BCUT2D eigenvalue weighted by Gasteiger charge is 2.44. The average Bonchev–Trinajstić information content (AvgIpc) is 3.19. The van der Waals surface area contributed by atoms with E-state index in [4.69, 9.17) is 0 Å². The van der Waals surface area contributed by atoms with Crippen molar-refractivity contribution >= 4 is 20.9 Å². The van der Waals surface area contributed by atoms with Crippen molar-refractivity contribution in [2.45, 2.75) is 36.7 Å². The van der Waals surface area contributed by atoms with Gasteiger partial charge in [0.1, 0.15) is 5.82 Å². The van der Waals surface area contributed by atoms with Crippen LogP contribution in [0.3, 0.4) is 0 Å². The fraction of sp³-hybridized carbons (Fsp3) is 0.333. The highest BCUT2D eigenvalue weighted by atomic mass is 32.2. The number of halogens is 1. The topological polar surface area (TPSA) is 65.2 Å². The Labute approximate surface area is 163 Å². The zero-order chi connectivity index (χ0) is 19.5. The second kappa shape index (κ2) is 6.40. The van der Waals surface area contributed by atoms with Crippen LogP contribution in [0.15, 0.2) is 47.5 Å². The van der Waals surface area contributed by atoms with Gasteiger partial charge in [-0.1, -0.05) is 6.07 Å². The molecule has 1 aromatic heterocycles. The molecule has 1 fully saturated rings. The van der Waals surface area contributed by atoms with Crippen LogP contribution < -0.4 is 5.32 Å². The standard InChI is InChI=1S/C21H22FN3O2S/c1-13-18-10-14(19-12-24-20-11-15(22)3-4-17(19)20)2-5-21(18)28(26,27)25(13)16-6-8-23-9-7-16/h2-5,10-13,16,23-24H,6-9H2,1H3. The lowest BCUT2D eigenvalue weighted by atomic mass is 9.98. The van der Waals surface area contributed by atoms with E-state index >= 15 is 0 Å². The van der Waals surface area contributed by atoms with E-state index in [9.17, 15) is 12.8 Å². The molecule has 5 rings (SSSR count). The van der Waals surface area contributed by atoms with Crippen molar-refractivity contribution in [2.24, 2.45) is 0 Å². The number of nitrogens with one attached hydrogen (secondary N) is 2. The van der Waals surface area contributed by atoms with Crippen LogP contribution in [0.5, 0.6) is 0 Å². The molecule has 28 heavy (non-hydrogen) atoms. The van der Waals surface area contributed by atoms with E-state index in [1.165, 1.54) is 12.1 Å². The molecule has 2 N–H and O–H groups in total. The maximum atomic E-state index is 13.5. The van der Waals surface area contributed by atoms with Gasteiger partial charge in [-0.15, -0.1) is 0 Å². The summed E-state index contributed by atoms with van der Waals surface area (Å²) in [6.45, 7) is 3.66. The molecule has 1 saturated heterocycles. The number of aromatic nitrogens is 1. The van der Waals surface area contributed by atoms with E-state index in [-0.39, 0.29) is 17.9 Å². The number of piperidine rings is 1. The molecule has 2 aromatic carbocycles. The molecule has 0 aliphatic carbocycles. The molecule has 1 atom stereocenters. The van der Waals surface area contributed by atoms with E-state index < -0.39 is 10.0 Å². The Morgan fingerprint density at radius 1 is 1.11 bits per heavy atom. The molecule has 3 heterocycles. The van der Waals surface area contributed by atoms with E-state index in [1.54, 1.807) is 16.4 Å². The van der Waals surface area contributed by atoms with Gasteiger partial charge < -0.3 is 10.3 Å². The molecule has 7 heteroatoms. The number of hydrogen-bond donors (Lipinski definition) is 2. The molecular weight excluding hydrogens is 377 g/mol. The summed E-state index contributed by atoms with van der Waals surface area (Å²) in [6.07, 6.45) is 3.52. The van der Waals surface area contributed by atoms with Gasteiger partial charge in [0.15, 0.2) is 0 Å². The maximum absolute atomic E-state index is 13.5. The number of aromatic amines is 1. The van der Waals surface area contributed by atoms with Gasteiger partial charge in [0.2, 0.25) is 10.0 Å². The molecular formula is C21H22FN3O2S. The van der Waals surface area contributed by atoms with Gasteiger partial charge >= 0.3 is 0 Å². The predicted octanol–water partition coefficient (Wildman–Crippen LogP) is 3.79. The van der Waals surface area contributed by atoms with Crippen molar-refractivity contribution < 1.29 is 12.8 Å². The number of rotatable bonds is 2. The van der Waals surface area contributed by atoms with Crippen LogP contribution in [-0.2, 0) is 10.0 Å². The van der Waals surface area contributed by atoms with Crippen molar-refractivity contribution in [1.29, 1.82) is 0 Å². The Hall–Kier alpha value is -2.22. The third-order valence-corrected chi connectivity index (χ3v) is 8.12. The second-order valence-corrected chi connectivity index (χ2v) is 9.45. The predicted molar refractivity (Wildman–Crippen MR) is 107 cm³/mol. The Morgan fingerprint density at radius 2 is 1.89 bits per heavy atom. The quantitative estimate of drug-likeness (QED) is 0.689. The van der Waals surface area contributed by atoms with Crippen LogP contribution in [0.2, 0.25) is 0 Å². The highest BCUT2D eigenvalue weighted by molar-refractivity contribution is 7.89. The lowest BCUT2D eigenvalue weighted by Crippen LogP contribution is -2.44. The molecule has 0 amide bonds. The minimum absolute atomic E-state index is 0.0353. The first-order valence-corrected chi connectivity index (χ1v) is 11.1. The summed E-state index contributed by atoms with van der Waals surface area (Å²) in [7, 11) is -3.48. The second-order valence-electron chi connectivity index (χ2n) is 7.64. The first-order valence-electron chi connectivity index (χ1n) is 9.62. The highest BCUT2D eigenvalue weighted by Crippen LogP contribution is 2.44. The van der Waals surface area contributed by atoms with Gasteiger partial charge in [-0.2, -0.15) is 4.31 Å². The summed E-state index contributed by atoms with van der Waals surface area (Å²) >= 11 is 0. The van der Waals surface area contributed by atoms with Crippen LogP contribution >= 0.6 is 0 Å². The number of benzene rings is 2. The van der Waals surface area contributed by atoms with Gasteiger partial charge in [-0.3, -0.25) is 0 Å². The SMILES string of the molecule is CC1c2cc(-c3c[nH]c4cc(F)ccc34)ccc2S(=O)(=O)N1C1CCNCC1. The molecule has 3 aromatic rings. The zero-order valence-electron chi connectivity index (χ0n) is 15.6. The summed E-state index contributed by atoms with van der Waals surface area (Å²) in [6, 6.07) is 10.1. The molecule has 0 spiro atoms. The normalized spacial score (nSPS) is 22.6. The van der Waals surface area contributed by atoms with Crippen molar-refractivity contribution in [3.05, 3.63) is 54.0 Å². The van der Waals surface area contributed by atoms with Crippen molar-refractivity contribution in [2.75, 3.05) is 13.1 Å². The fourth-order valence-electron chi connectivity index (χ4n) is 4.65. The summed E-state index contributed by atoms with van der Waals surface area (Å²) in [5, 5.41) is 4.22. The van der Waals surface area contributed by atoms with E-state index in [0.29, 0.717) is 4.90 Å². The largest absolute Gasteiger partial charge is 0.360 e. The van der Waals surface area contributed by atoms with E-state index in [2.05, 4.69) is 10.3 Å². The van der Waals surface area contributed by atoms with Crippen LogP contribution in [0.25, 0.3) is 22.0 Å². The molecule has 1 unspecified atom stereocenters. The van der Waals surface area contributed by atoms with Gasteiger partial charge in [0, 0.05) is 34.7 Å². The Bertz CT molecular complexity index is 1170. The minimum atomic E-state index is -3.48. The first kappa shape index (κ1) is 17.8. The first-order chi connectivity index (χ1) is 13.5. The summed E-state index contributed by atoms with van der Waals surface area (Å²) < 4.78 is 41.6. The van der Waals surface area contributed by atoms with Crippen molar-refractivity contribution in [3.63, 3.8) is 0 Å². The van der Waals surface area contributed by atoms with Gasteiger partial charge in [0.05, 0.1) is 4.90 Å². The summed E-state index contributed by atoms with van der Waals surface area (Å²) in [5.41, 5.74) is 3.45. The molecule has 146 valence electrons. The van der Waals surface area contributed by atoms with Crippen molar-refractivity contribution in [1.82, 2.24) is 14.6 Å². The van der Waals surface area contributed by atoms with E-state index in [0.717, 1.165) is 53.5 Å². The Morgan fingerprint density at radius 3 is 2.68 bits per heavy atom.